The van der Waals surface area contributed by atoms with Gasteiger partial charge in [-0.25, -0.2) is 13.6 Å². The summed E-state index contributed by atoms with van der Waals surface area (Å²) < 4.78 is 32.2. The minimum atomic E-state index is -3.40. The summed E-state index contributed by atoms with van der Waals surface area (Å²) in [6.07, 6.45) is 0.613. The van der Waals surface area contributed by atoms with Gasteiger partial charge in [0.25, 0.3) is 0 Å². The standard InChI is InChI=1S/C7H13NO4S/c8-13(9,10)4-6-1-5-2-11-3-7(5)12-6/h5-7H,1-4H2,(H2,8,9,10)/t5-,6?,7+/m1/s1. The Morgan fingerprint density at radius 2 is 2.15 bits per heavy atom. The predicted octanol–water partition coefficient (Wildman–Crippen LogP) is -0.921. The highest BCUT2D eigenvalue weighted by Gasteiger charge is 2.40. The van der Waals surface area contributed by atoms with Gasteiger partial charge >= 0.3 is 0 Å². The fraction of sp³-hybridized carbons (Fsp3) is 1.00. The molecule has 0 aromatic rings. The third-order valence-corrected chi connectivity index (χ3v) is 3.33. The van der Waals surface area contributed by atoms with Crippen LogP contribution in [-0.2, 0) is 19.5 Å². The Bertz CT molecular complexity index is 277. The van der Waals surface area contributed by atoms with E-state index in [0.29, 0.717) is 19.1 Å². The molecule has 0 aromatic carbocycles. The normalized spacial score (nSPS) is 39.3. The number of hydrogen-bond acceptors (Lipinski definition) is 4. The van der Waals surface area contributed by atoms with Crippen LogP contribution in [0.1, 0.15) is 6.42 Å². The summed E-state index contributed by atoms with van der Waals surface area (Å²) in [4.78, 5) is 0. The van der Waals surface area contributed by atoms with Gasteiger partial charge < -0.3 is 9.47 Å². The first-order chi connectivity index (χ1) is 6.04. The number of hydrogen-bond donors (Lipinski definition) is 1. The van der Waals surface area contributed by atoms with Crippen LogP contribution in [0.15, 0.2) is 0 Å². The van der Waals surface area contributed by atoms with E-state index in [9.17, 15) is 8.42 Å². The lowest BCUT2D eigenvalue weighted by molar-refractivity contribution is 0.0300. The van der Waals surface area contributed by atoms with Crippen LogP contribution in [0.25, 0.3) is 0 Å². The van der Waals surface area contributed by atoms with Crippen LogP contribution in [0.2, 0.25) is 0 Å². The monoisotopic (exact) mass is 207 g/mol. The predicted molar refractivity (Wildman–Crippen MR) is 45.6 cm³/mol. The van der Waals surface area contributed by atoms with Crippen LogP contribution in [0.4, 0.5) is 0 Å². The quantitative estimate of drug-likeness (QED) is 0.635. The summed E-state index contributed by atoms with van der Waals surface area (Å²) in [6, 6.07) is 0. The van der Waals surface area contributed by atoms with E-state index < -0.39 is 10.0 Å². The molecule has 13 heavy (non-hydrogen) atoms. The molecule has 2 rings (SSSR count). The van der Waals surface area contributed by atoms with Gasteiger partial charge in [-0.15, -0.1) is 0 Å². The van der Waals surface area contributed by atoms with Crippen LogP contribution >= 0.6 is 0 Å². The number of ether oxygens (including phenoxy) is 2. The van der Waals surface area contributed by atoms with Gasteiger partial charge in [0.2, 0.25) is 10.0 Å². The van der Waals surface area contributed by atoms with Crippen molar-refractivity contribution in [2.24, 2.45) is 11.1 Å². The first-order valence-corrected chi connectivity index (χ1v) is 6.00. The summed E-state index contributed by atoms with van der Waals surface area (Å²) in [7, 11) is -3.40. The molecule has 2 aliphatic heterocycles. The van der Waals surface area contributed by atoms with Crippen LogP contribution < -0.4 is 5.14 Å². The maximum Gasteiger partial charge on any atom is 0.211 e. The van der Waals surface area contributed by atoms with Crippen LogP contribution in [0.5, 0.6) is 0 Å². The molecule has 1 unspecified atom stereocenters. The van der Waals surface area contributed by atoms with Crippen molar-refractivity contribution >= 4 is 10.0 Å². The van der Waals surface area contributed by atoms with Crippen LogP contribution in [-0.4, -0.2) is 39.6 Å². The number of rotatable bonds is 2. The van der Waals surface area contributed by atoms with E-state index in [1.807, 2.05) is 0 Å². The average Bonchev–Trinajstić information content (AvgIpc) is 2.40. The maximum absolute atomic E-state index is 10.8. The molecule has 2 aliphatic rings. The van der Waals surface area contributed by atoms with Crippen molar-refractivity contribution in [3.63, 3.8) is 0 Å². The second-order valence-corrected chi connectivity index (χ2v) is 5.32. The number of fused-ring (bicyclic) bond motifs is 1. The van der Waals surface area contributed by atoms with Gasteiger partial charge in [-0.05, 0) is 6.42 Å². The zero-order valence-electron chi connectivity index (χ0n) is 7.18. The Balaban J connectivity index is 1.92. The van der Waals surface area contributed by atoms with Crippen molar-refractivity contribution in [2.75, 3.05) is 19.0 Å². The van der Waals surface area contributed by atoms with Crippen LogP contribution in [0.3, 0.4) is 0 Å². The maximum atomic E-state index is 10.8. The summed E-state index contributed by atoms with van der Waals surface area (Å²) in [5.41, 5.74) is 0. The summed E-state index contributed by atoms with van der Waals surface area (Å²) in [6.45, 7) is 1.28. The smallest absolute Gasteiger partial charge is 0.211 e. The Morgan fingerprint density at radius 3 is 2.77 bits per heavy atom. The number of sulfonamides is 1. The molecule has 5 nitrogen and oxygen atoms in total. The van der Waals surface area contributed by atoms with Gasteiger partial charge in [0.05, 0.1) is 31.2 Å². The lowest BCUT2D eigenvalue weighted by atomic mass is 10.0. The van der Waals surface area contributed by atoms with Gasteiger partial charge in [-0.3, -0.25) is 0 Å². The molecule has 6 heteroatoms. The number of primary sulfonamides is 1. The van der Waals surface area contributed by atoms with E-state index in [2.05, 4.69) is 0 Å². The van der Waals surface area contributed by atoms with Crippen molar-refractivity contribution in [1.82, 2.24) is 0 Å². The molecule has 2 saturated heterocycles. The zero-order valence-corrected chi connectivity index (χ0v) is 8.00. The highest BCUT2D eigenvalue weighted by molar-refractivity contribution is 7.89. The average molecular weight is 207 g/mol. The molecule has 0 aliphatic carbocycles. The van der Waals surface area contributed by atoms with Crippen molar-refractivity contribution in [3.8, 4) is 0 Å². The Hall–Kier alpha value is -0.170. The molecule has 2 fully saturated rings. The van der Waals surface area contributed by atoms with Gasteiger partial charge in [0.15, 0.2) is 0 Å². The molecule has 2 N–H and O–H groups in total. The lowest BCUT2D eigenvalue weighted by Gasteiger charge is -2.09. The molecule has 0 amide bonds. The van der Waals surface area contributed by atoms with Crippen molar-refractivity contribution in [1.29, 1.82) is 0 Å². The van der Waals surface area contributed by atoms with E-state index in [-0.39, 0.29) is 18.0 Å². The third kappa shape index (κ3) is 2.19. The fourth-order valence-corrected chi connectivity index (χ4v) is 2.69. The fourth-order valence-electron chi connectivity index (χ4n) is 1.96. The molecule has 0 spiro atoms. The van der Waals surface area contributed by atoms with E-state index in [4.69, 9.17) is 14.6 Å². The summed E-state index contributed by atoms with van der Waals surface area (Å²) in [5, 5.41) is 4.93. The molecule has 2 heterocycles. The van der Waals surface area contributed by atoms with Crippen LogP contribution in [0, 0.1) is 5.92 Å². The van der Waals surface area contributed by atoms with E-state index in [1.54, 1.807) is 0 Å². The van der Waals surface area contributed by atoms with Gasteiger partial charge in [-0.2, -0.15) is 0 Å². The summed E-state index contributed by atoms with van der Waals surface area (Å²) in [5.74, 6) is 0.298. The second-order valence-electron chi connectivity index (χ2n) is 3.66. The SMILES string of the molecule is NS(=O)(=O)CC1C[C@@H]2COC[C@@H]2O1. The van der Waals surface area contributed by atoms with Crippen molar-refractivity contribution in [2.45, 2.75) is 18.6 Å². The third-order valence-electron chi connectivity index (χ3n) is 2.49. The molecule has 3 atom stereocenters. The van der Waals surface area contributed by atoms with Crippen molar-refractivity contribution < 1.29 is 17.9 Å². The minimum Gasteiger partial charge on any atom is -0.378 e. The van der Waals surface area contributed by atoms with E-state index in [1.165, 1.54) is 0 Å². The molecule has 0 bridgehead atoms. The molecule has 0 aromatic heterocycles. The Labute approximate surface area is 77.2 Å². The highest BCUT2D eigenvalue weighted by Crippen LogP contribution is 2.31. The first-order valence-electron chi connectivity index (χ1n) is 4.28. The highest BCUT2D eigenvalue weighted by atomic mass is 32.2. The number of nitrogens with two attached hydrogens (primary N) is 1. The van der Waals surface area contributed by atoms with Crippen molar-refractivity contribution in [3.05, 3.63) is 0 Å². The Morgan fingerprint density at radius 1 is 1.38 bits per heavy atom. The zero-order chi connectivity index (χ0) is 9.47. The topological polar surface area (TPSA) is 78.6 Å². The molecule has 76 valence electrons. The largest absolute Gasteiger partial charge is 0.378 e. The lowest BCUT2D eigenvalue weighted by Crippen LogP contribution is -2.27. The Kier molecular flexibility index (Phi) is 2.31. The molecule has 0 radical (unpaired) electrons. The molecular formula is C7H13NO4S. The molecular weight excluding hydrogens is 194 g/mol. The van der Waals surface area contributed by atoms with Gasteiger partial charge in [-0.1, -0.05) is 0 Å². The van der Waals surface area contributed by atoms with Gasteiger partial charge in [0, 0.05) is 5.92 Å². The van der Waals surface area contributed by atoms with E-state index in [0.717, 1.165) is 6.42 Å². The van der Waals surface area contributed by atoms with Gasteiger partial charge in [0.1, 0.15) is 0 Å². The summed E-state index contributed by atoms with van der Waals surface area (Å²) >= 11 is 0. The second kappa shape index (κ2) is 3.20. The molecule has 0 saturated carbocycles. The minimum absolute atomic E-state index is 0.0694. The van der Waals surface area contributed by atoms with E-state index >= 15 is 0 Å². The first kappa shape index (κ1) is 9.39.